The topological polar surface area (TPSA) is 75.7 Å². The number of hydrogen-bond acceptors (Lipinski definition) is 4. The van der Waals surface area contributed by atoms with E-state index in [-0.39, 0.29) is 11.8 Å². The maximum Gasteiger partial charge on any atom is 0.335 e. The van der Waals surface area contributed by atoms with Gasteiger partial charge in [-0.15, -0.1) is 0 Å². The molecule has 0 aromatic heterocycles. The summed E-state index contributed by atoms with van der Waals surface area (Å²) < 4.78 is 5.50. The van der Waals surface area contributed by atoms with Crippen molar-refractivity contribution in [2.45, 2.75) is 39.2 Å². The predicted octanol–water partition coefficient (Wildman–Crippen LogP) is 0.377. The van der Waals surface area contributed by atoms with Crippen LogP contribution in [0, 0.1) is 0 Å². The molecule has 0 unspecified atom stereocenters. The molecule has 1 spiro atoms. The summed E-state index contributed by atoms with van der Waals surface area (Å²) in [7, 11) is 0. The second-order valence-corrected chi connectivity index (χ2v) is 5.25. The van der Waals surface area contributed by atoms with E-state index in [0.717, 1.165) is 0 Å². The van der Waals surface area contributed by atoms with E-state index in [1.54, 1.807) is 11.8 Å². The lowest BCUT2D eigenvalue weighted by Gasteiger charge is -2.39. The van der Waals surface area contributed by atoms with Gasteiger partial charge in [-0.25, -0.2) is 4.79 Å². The van der Waals surface area contributed by atoms with Crippen LogP contribution in [0.3, 0.4) is 0 Å². The zero-order valence-electron chi connectivity index (χ0n) is 12.1. The molecule has 2 aliphatic rings. The van der Waals surface area contributed by atoms with Gasteiger partial charge in [-0.3, -0.25) is 9.59 Å². The Kier molecular flexibility index (Phi) is 3.83. The van der Waals surface area contributed by atoms with Crippen LogP contribution in [-0.4, -0.2) is 47.9 Å². The highest BCUT2D eigenvalue weighted by atomic mass is 16.6. The molecule has 0 aliphatic carbocycles. The van der Waals surface area contributed by atoms with Crippen molar-refractivity contribution in [3.05, 3.63) is 11.1 Å². The quantitative estimate of drug-likeness (QED) is 0.742. The SMILES string of the molecule is CCNC(=O)C1=C(C)C(=O)OC12CCN(C(C)=O)CC2. The van der Waals surface area contributed by atoms with Crippen LogP contribution >= 0.6 is 0 Å². The number of hydrogen-bond donors (Lipinski definition) is 1. The minimum absolute atomic E-state index is 0.00411. The zero-order chi connectivity index (χ0) is 14.9. The molecule has 6 nitrogen and oxygen atoms in total. The molecule has 6 heteroatoms. The molecular weight excluding hydrogens is 260 g/mol. The van der Waals surface area contributed by atoms with Crippen molar-refractivity contribution >= 4 is 17.8 Å². The molecular formula is C14H20N2O4. The number of piperidine rings is 1. The summed E-state index contributed by atoms with van der Waals surface area (Å²) in [5.41, 5.74) is -0.0356. The lowest BCUT2D eigenvalue weighted by atomic mass is 9.82. The van der Waals surface area contributed by atoms with Crippen LogP contribution in [0.4, 0.5) is 0 Å². The molecule has 2 amide bonds. The van der Waals surface area contributed by atoms with Crippen LogP contribution in [0.15, 0.2) is 11.1 Å². The third-order valence-electron chi connectivity index (χ3n) is 4.01. The predicted molar refractivity (Wildman–Crippen MR) is 71.7 cm³/mol. The summed E-state index contributed by atoms with van der Waals surface area (Å²) in [5, 5.41) is 2.73. The van der Waals surface area contributed by atoms with Crippen molar-refractivity contribution in [1.82, 2.24) is 10.2 Å². The fourth-order valence-corrected chi connectivity index (χ4v) is 2.91. The van der Waals surface area contributed by atoms with Crippen LogP contribution < -0.4 is 5.32 Å². The Balaban J connectivity index is 2.25. The number of esters is 1. The van der Waals surface area contributed by atoms with Gasteiger partial charge in [0.15, 0.2) is 0 Å². The lowest BCUT2D eigenvalue weighted by molar-refractivity contribution is -0.152. The average Bonchev–Trinajstić information content (AvgIpc) is 2.62. The highest BCUT2D eigenvalue weighted by Gasteiger charge is 2.50. The van der Waals surface area contributed by atoms with Gasteiger partial charge in [0.1, 0.15) is 5.60 Å². The van der Waals surface area contributed by atoms with Gasteiger partial charge < -0.3 is 15.0 Å². The number of ether oxygens (including phenoxy) is 1. The molecule has 2 aliphatic heterocycles. The number of amides is 2. The van der Waals surface area contributed by atoms with E-state index < -0.39 is 11.6 Å². The lowest BCUT2D eigenvalue weighted by Crippen LogP contribution is -2.49. The van der Waals surface area contributed by atoms with Crippen molar-refractivity contribution in [1.29, 1.82) is 0 Å². The van der Waals surface area contributed by atoms with Crippen LogP contribution in [0.2, 0.25) is 0 Å². The number of rotatable bonds is 2. The highest BCUT2D eigenvalue weighted by Crippen LogP contribution is 2.40. The van der Waals surface area contributed by atoms with Crippen LogP contribution in [-0.2, 0) is 19.1 Å². The van der Waals surface area contributed by atoms with E-state index in [9.17, 15) is 14.4 Å². The number of carbonyl (C=O) groups is 3. The Labute approximate surface area is 118 Å². The van der Waals surface area contributed by atoms with Crippen molar-refractivity contribution < 1.29 is 19.1 Å². The first-order valence-electron chi connectivity index (χ1n) is 6.89. The molecule has 2 heterocycles. The summed E-state index contributed by atoms with van der Waals surface area (Å²) in [4.78, 5) is 37.1. The second-order valence-electron chi connectivity index (χ2n) is 5.25. The molecule has 0 bridgehead atoms. The largest absolute Gasteiger partial charge is 0.450 e. The first-order valence-corrected chi connectivity index (χ1v) is 6.89. The summed E-state index contributed by atoms with van der Waals surface area (Å²) in [6.07, 6.45) is 0.949. The number of likely N-dealkylation sites (tertiary alicyclic amines) is 1. The molecule has 0 radical (unpaired) electrons. The summed E-state index contributed by atoms with van der Waals surface area (Å²) >= 11 is 0. The minimum atomic E-state index is -0.855. The molecule has 0 aromatic rings. The van der Waals surface area contributed by atoms with E-state index in [0.29, 0.717) is 43.6 Å². The van der Waals surface area contributed by atoms with E-state index >= 15 is 0 Å². The van der Waals surface area contributed by atoms with E-state index in [1.165, 1.54) is 6.92 Å². The summed E-state index contributed by atoms with van der Waals surface area (Å²) in [6, 6.07) is 0. The van der Waals surface area contributed by atoms with Crippen molar-refractivity contribution in [2.24, 2.45) is 0 Å². The molecule has 1 N–H and O–H groups in total. The monoisotopic (exact) mass is 280 g/mol. The van der Waals surface area contributed by atoms with Gasteiger partial charge >= 0.3 is 5.97 Å². The smallest absolute Gasteiger partial charge is 0.335 e. The van der Waals surface area contributed by atoms with Crippen molar-refractivity contribution in [3.63, 3.8) is 0 Å². The zero-order valence-corrected chi connectivity index (χ0v) is 12.1. The van der Waals surface area contributed by atoms with E-state index in [4.69, 9.17) is 4.74 Å². The van der Waals surface area contributed by atoms with Gasteiger partial charge in [-0.05, 0) is 13.8 Å². The number of carbonyl (C=O) groups excluding carboxylic acids is 3. The molecule has 1 fully saturated rings. The van der Waals surface area contributed by atoms with Crippen LogP contribution in [0.25, 0.3) is 0 Å². The number of likely N-dealkylation sites (N-methyl/N-ethyl adjacent to an activating group) is 1. The third kappa shape index (κ3) is 2.30. The average molecular weight is 280 g/mol. The Morgan fingerprint density at radius 2 is 1.95 bits per heavy atom. The van der Waals surface area contributed by atoms with Crippen LogP contribution in [0.1, 0.15) is 33.6 Å². The second kappa shape index (κ2) is 5.26. The summed E-state index contributed by atoms with van der Waals surface area (Å²) in [6.45, 7) is 6.47. The Morgan fingerprint density at radius 3 is 2.45 bits per heavy atom. The first-order chi connectivity index (χ1) is 9.41. The van der Waals surface area contributed by atoms with Gasteiger partial charge in [-0.2, -0.15) is 0 Å². The number of nitrogens with zero attached hydrogens (tertiary/aromatic N) is 1. The Bertz CT molecular complexity index is 487. The highest BCUT2D eigenvalue weighted by molar-refractivity contribution is 6.07. The van der Waals surface area contributed by atoms with Gasteiger partial charge in [0.25, 0.3) is 5.91 Å². The molecule has 1 saturated heterocycles. The normalized spacial score (nSPS) is 21.1. The maximum atomic E-state index is 12.2. The van der Waals surface area contributed by atoms with E-state index in [1.807, 2.05) is 6.92 Å². The molecule has 0 saturated carbocycles. The van der Waals surface area contributed by atoms with Crippen molar-refractivity contribution in [2.75, 3.05) is 19.6 Å². The maximum absolute atomic E-state index is 12.2. The van der Waals surface area contributed by atoms with Crippen molar-refractivity contribution in [3.8, 4) is 0 Å². The van der Waals surface area contributed by atoms with E-state index in [2.05, 4.69) is 5.32 Å². The summed E-state index contributed by atoms with van der Waals surface area (Å²) in [5.74, 6) is -0.668. The molecule has 20 heavy (non-hydrogen) atoms. The molecule has 110 valence electrons. The van der Waals surface area contributed by atoms with Gasteiger partial charge in [-0.1, -0.05) is 0 Å². The van der Waals surface area contributed by atoms with Gasteiger partial charge in [0.2, 0.25) is 5.91 Å². The minimum Gasteiger partial charge on any atom is -0.450 e. The standard InChI is InChI=1S/C14H20N2O4/c1-4-15-12(18)11-9(2)13(19)20-14(11)5-7-16(8-6-14)10(3)17/h4-8H2,1-3H3,(H,15,18). The molecule has 2 rings (SSSR count). The first kappa shape index (κ1) is 14.6. The fourth-order valence-electron chi connectivity index (χ4n) is 2.91. The Morgan fingerprint density at radius 1 is 1.35 bits per heavy atom. The third-order valence-corrected chi connectivity index (χ3v) is 4.01. The fraction of sp³-hybridized carbons (Fsp3) is 0.643. The van der Waals surface area contributed by atoms with Gasteiger partial charge in [0, 0.05) is 45.0 Å². The molecule has 0 aromatic carbocycles. The Hall–Kier alpha value is -1.85. The van der Waals surface area contributed by atoms with Crippen LogP contribution in [0.5, 0.6) is 0 Å². The van der Waals surface area contributed by atoms with Gasteiger partial charge in [0.05, 0.1) is 5.57 Å². The molecule has 0 atom stereocenters. The number of nitrogens with one attached hydrogen (secondary N) is 1.